The highest BCUT2D eigenvalue weighted by molar-refractivity contribution is 7.90. The van der Waals surface area contributed by atoms with Crippen LogP contribution < -0.4 is 5.32 Å². The number of aromatic nitrogens is 1. The van der Waals surface area contributed by atoms with Gasteiger partial charge >= 0.3 is 0 Å². The van der Waals surface area contributed by atoms with Crippen molar-refractivity contribution in [2.75, 3.05) is 11.9 Å². The highest BCUT2D eigenvalue weighted by Gasteiger charge is 2.40. The van der Waals surface area contributed by atoms with Gasteiger partial charge in [-0.05, 0) is 36.8 Å². The molecule has 124 valence electrons. The van der Waals surface area contributed by atoms with Crippen molar-refractivity contribution in [1.29, 1.82) is 0 Å². The van der Waals surface area contributed by atoms with Gasteiger partial charge in [-0.3, -0.25) is 14.6 Å². The molecule has 1 aliphatic rings. The van der Waals surface area contributed by atoms with Crippen LogP contribution in [0.3, 0.4) is 0 Å². The summed E-state index contributed by atoms with van der Waals surface area (Å²) in [5.41, 5.74) is 0.753. The number of carbonyl (C=O) groups is 2. The monoisotopic (exact) mass is 345 g/mol. The molecule has 0 aliphatic carbocycles. The van der Waals surface area contributed by atoms with Gasteiger partial charge in [-0.1, -0.05) is 6.92 Å². The summed E-state index contributed by atoms with van der Waals surface area (Å²) in [5.74, 6) is -1.02. The quantitative estimate of drug-likeness (QED) is 0.913. The average Bonchev–Trinajstić information content (AvgIpc) is 2.77. The summed E-state index contributed by atoms with van der Waals surface area (Å²) in [6.45, 7) is 1.91. The molecule has 2 amide bonds. The van der Waals surface area contributed by atoms with Crippen LogP contribution in [-0.2, 0) is 10.0 Å². The number of nitrogens with one attached hydrogen (secondary N) is 1. The van der Waals surface area contributed by atoms with Crippen molar-refractivity contribution in [3.05, 3.63) is 53.9 Å². The summed E-state index contributed by atoms with van der Waals surface area (Å²) >= 11 is 0. The van der Waals surface area contributed by atoms with E-state index in [2.05, 4.69) is 10.3 Å². The van der Waals surface area contributed by atoms with E-state index in [1.807, 2.05) is 0 Å². The van der Waals surface area contributed by atoms with Gasteiger partial charge in [0.2, 0.25) is 0 Å². The lowest BCUT2D eigenvalue weighted by molar-refractivity contribution is 0.0870. The zero-order valence-electron chi connectivity index (χ0n) is 12.9. The van der Waals surface area contributed by atoms with Gasteiger partial charge in [0.1, 0.15) is 4.90 Å². The molecule has 0 unspecified atom stereocenters. The summed E-state index contributed by atoms with van der Waals surface area (Å²) in [5, 5.41) is 2.63. The first kappa shape index (κ1) is 16.1. The van der Waals surface area contributed by atoms with Crippen LogP contribution in [0.1, 0.15) is 34.1 Å². The van der Waals surface area contributed by atoms with Gasteiger partial charge in [0, 0.05) is 18.3 Å². The van der Waals surface area contributed by atoms with E-state index in [0.717, 1.165) is 4.31 Å². The van der Waals surface area contributed by atoms with Gasteiger partial charge in [0.15, 0.2) is 0 Å². The topological polar surface area (TPSA) is 96.4 Å². The molecular formula is C16H15N3O4S. The van der Waals surface area contributed by atoms with Crippen molar-refractivity contribution >= 4 is 27.5 Å². The molecule has 0 radical (unpaired) electrons. The molecule has 8 heteroatoms. The minimum absolute atomic E-state index is 0.0985. The highest BCUT2D eigenvalue weighted by atomic mass is 32.2. The Balaban J connectivity index is 1.94. The molecule has 1 aromatic heterocycles. The van der Waals surface area contributed by atoms with E-state index in [9.17, 15) is 18.0 Å². The summed E-state index contributed by atoms with van der Waals surface area (Å²) in [6, 6.07) is 7.39. The number of fused-ring (bicyclic) bond motifs is 1. The number of pyridine rings is 1. The van der Waals surface area contributed by atoms with E-state index in [4.69, 9.17) is 0 Å². The molecule has 0 fully saturated rings. The van der Waals surface area contributed by atoms with Crippen LogP contribution in [0.2, 0.25) is 0 Å². The first-order valence-electron chi connectivity index (χ1n) is 7.37. The van der Waals surface area contributed by atoms with Crippen LogP contribution in [-0.4, -0.2) is 36.1 Å². The zero-order chi connectivity index (χ0) is 17.3. The molecule has 0 saturated carbocycles. The predicted molar refractivity (Wildman–Crippen MR) is 87.1 cm³/mol. The Morgan fingerprint density at radius 1 is 1.29 bits per heavy atom. The van der Waals surface area contributed by atoms with Crippen LogP contribution in [0.15, 0.2) is 47.6 Å². The molecule has 24 heavy (non-hydrogen) atoms. The Bertz CT molecular complexity index is 910. The molecule has 7 nitrogen and oxygen atoms in total. The number of anilines is 1. The fourth-order valence-corrected chi connectivity index (χ4v) is 4.17. The van der Waals surface area contributed by atoms with E-state index >= 15 is 0 Å². The Morgan fingerprint density at radius 2 is 2.08 bits per heavy atom. The van der Waals surface area contributed by atoms with Gasteiger partial charge in [-0.15, -0.1) is 0 Å². The van der Waals surface area contributed by atoms with Crippen molar-refractivity contribution in [2.24, 2.45) is 0 Å². The van der Waals surface area contributed by atoms with Gasteiger partial charge in [-0.2, -0.15) is 0 Å². The lowest BCUT2D eigenvalue weighted by Crippen LogP contribution is -2.30. The number of carbonyl (C=O) groups excluding carboxylic acids is 2. The van der Waals surface area contributed by atoms with Gasteiger partial charge in [0.25, 0.3) is 21.8 Å². The van der Waals surface area contributed by atoms with Crippen molar-refractivity contribution in [2.45, 2.75) is 18.2 Å². The fraction of sp³-hybridized carbons (Fsp3) is 0.188. The van der Waals surface area contributed by atoms with E-state index in [1.165, 1.54) is 24.4 Å². The minimum atomic E-state index is -3.90. The van der Waals surface area contributed by atoms with E-state index in [1.54, 1.807) is 25.3 Å². The molecule has 2 heterocycles. The summed E-state index contributed by atoms with van der Waals surface area (Å²) in [7, 11) is -3.90. The Hall–Kier alpha value is -2.74. The Kier molecular flexibility index (Phi) is 4.06. The van der Waals surface area contributed by atoms with Crippen molar-refractivity contribution in [3.8, 4) is 0 Å². The lowest BCUT2D eigenvalue weighted by atomic mass is 10.1. The standard InChI is InChI=1S/C16H15N3O4S/c1-2-8-19-16(21)13-6-5-11(9-14(13)24(19,22)23)15(20)18-12-4-3-7-17-10-12/h3-7,9-10H,2,8H2,1H3,(H,18,20). The number of rotatable bonds is 4. The second kappa shape index (κ2) is 6.04. The summed E-state index contributed by atoms with van der Waals surface area (Å²) in [4.78, 5) is 28.3. The molecule has 1 aromatic carbocycles. The zero-order valence-corrected chi connectivity index (χ0v) is 13.7. The second-order valence-corrected chi connectivity index (χ2v) is 7.12. The maximum absolute atomic E-state index is 12.5. The molecule has 0 spiro atoms. The number of nitrogens with zero attached hydrogens (tertiary/aromatic N) is 2. The number of benzene rings is 1. The van der Waals surface area contributed by atoms with Crippen molar-refractivity contribution < 1.29 is 18.0 Å². The number of hydrogen-bond acceptors (Lipinski definition) is 5. The molecule has 0 saturated heterocycles. The van der Waals surface area contributed by atoms with Crippen molar-refractivity contribution in [1.82, 2.24) is 9.29 Å². The number of amides is 2. The molecule has 0 bridgehead atoms. The molecule has 1 N–H and O–H groups in total. The SMILES string of the molecule is CCCN1C(=O)c2ccc(C(=O)Nc3cccnc3)cc2S1(=O)=O. The van der Waals surface area contributed by atoms with E-state index in [-0.39, 0.29) is 22.6 Å². The maximum atomic E-state index is 12.5. The Morgan fingerprint density at radius 3 is 2.75 bits per heavy atom. The smallest absolute Gasteiger partial charge is 0.269 e. The summed E-state index contributed by atoms with van der Waals surface area (Å²) in [6.07, 6.45) is 3.58. The lowest BCUT2D eigenvalue weighted by Gasteiger charge is -2.13. The first-order valence-corrected chi connectivity index (χ1v) is 8.81. The number of sulfonamides is 1. The normalized spacial score (nSPS) is 15.2. The molecule has 1 aliphatic heterocycles. The van der Waals surface area contributed by atoms with Crippen LogP contribution in [0.4, 0.5) is 5.69 Å². The molecule has 0 atom stereocenters. The largest absolute Gasteiger partial charge is 0.321 e. The summed E-state index contributed by atoms with van der Waals surface area (Å²) < 4.78 is 25.8. The van der Waals surface area contributed by atoms with Gasteiger partial charge < -0.3 is 5.32 Å². The van der Waals surface area contributed by atoms with Gasteiger partial charge in [0.05, 0.1) is 17.4 Å². The molecule has 3 rings (SSSR count). The van der Waals surface area contributed by atoms with Crippen LogP contribution in [0.25, 0.3) is 0 Å². The van der Waals surface area contributed by atoms with Crippen LogP contribution >= 0.6 is 0 Å². The third-order valence-corrected chi connectivity index (χ3v) is 5.44. The third-order valence-electron chi connectivity index (χ3n) is 3.61. The van der Waals surface area contributed by atoms with Crippen molar-refractivity contribution in [3.63, 3.8) is 0 Å². The fourth-order valence-electron chi connectivity index (χ4n) is 2.48. The van der Waals surface area contributed by atoms with Gasteiger partial charge in [-0.25, -0.2) is 12.7 Å². The van der Waals surface area contributed by atoms with Crippen LogP contribution in [0.5, 0.6) is 0 Å². The molecular weight excluding hydrogens is 330 g/mol. The first-order chi connectivity index (χ1) is 11.4. The van der Waals surface area contributed by atoms with E-state index in [0.29, 0.717) is 12.1 Å². The second-order valence-electron chi connectivity index (χ2n) is 5.29. The Labute approximate surface area is 139 Å². The average molecular weight is 345 g/mol. The minimum Gasteiger partial charge on any atom is -0.321 e. The maximum Gasteiger partial charge on any atom is 0.269 e. The highest BCUT2D eigenvalue weighted by Crippen LogP contribution is 2.31. The van der Waals surface area contributed by atoms with E-state index < -0.39 is 21.8 Å². The molecule has 2 aromatic rings. The number of hydrogen-bond donors (Lipinski definition) is 1. The van der Waals surface area contributed by atoms with Crippen LogP contribution in [0, 0.1) is 0 Å². The predicted octanol–water partition coefficient (Wildman–Crippen LogP) is 1.89. The third kappa shape index (κ3) is 2.65.